The molecule has 1 aromatic carbocycles. The fraction of sp³-hybridized carbons (Fsp3) is 0.625. The SMILES string of the molecule is O=[N+]([O-])c1ccc(N2C3CC4C5CC(C4C3O)C2C5O)c(F)c1. The van der Waals surface area contributed by atoms with E-state index < -0.39 is 22.9 Å². The van der Waals surface area contributed by atoms with Crippen LogP contribution in [0, 0.1) is 39.6 Å². The highest BCUT2D eigenvalue weighted by Gasteiger charge is 2.70. The van der Waals surface area contributed by atoms with Gasteiger partial charge < -0.3 is 15.1 Å². The van der Waals surface area contributed by atoms with E-state index >= 15 is 0 Å². The molecule has 3 aliphatic carbocycles. The predicted molar refractivity (Wildman–Crippen MR) is 78.3 cm³/mol. The summed E-state index contributed by atoms with van der Waals surface area (Å²) in [6, 6.07) is 3.23. The van der Waals surface area contributed by atoms with E-state index in [1.807, 2.05) is 4.90 Å². The van der Waals surface area contributed by atoms with Crippen LogP contribution in [0.25, 0.3) is 0 Å². The third-order valence-corrected chi connectivity index (χ3v) is 6.71. The molecule has 4 bridgehead atoms. The largest absolute Gasteiger partial charge is 0.391 e. The van der Waals surface area contributed by atoms with Crippen LogP contribution < -0.4 is 4.90 Å². The van der Waals surface area contributed by atoms with Crippen molar-refractivity contribution < 1.29 is 19.5 Å². The molecule has 0 aromatic heterocycles. The minimum atomic E-state index is -0.662. The third-order valence-electron chi connectivity index (χ3n) is 6.71. The topological polar surface area (TPSA) is 86.8 Å². The minimum absolute atomic E-state index is 0.184. The van der Waals surface area contributed by atoms with E-state index in [0.29, 0.717) is 5.92 Å². The molecule has 1 saturated heterocycles. The summed E-state index contributed by atoms with van der Waals surface area (Å²) in [5.74, 6) is 0.252. The summed E-state index contributed by atoms with van der Waals surface area (Å²) >= 11 is 0. The molecule has 0 radical (unpaired) electrons. The Kier molecular flexibility index (Phi) is 2.51. The van der Waals surface area contributed by atoms with Crippen molar-refractivity contribution in [1.82, 2.24) is 0 Å². The van der Waals surface area contributed by atoms with Gasteiger partial charge in [0, 0.05) is 6.07 Å². The van der Waals surface area contributed by atoms with Gasteiger partial charge >= 0.3 is 0 Å². The molecule has 122 valence electrons. The van der Waals surface area contributed by atoms with Gasteiger partial charge in [0.2, 0.25) is 0 Å². The normalized spacial score (nSPS) is 46.0. The number of aliphatic hydroxyl groups excluding tert-OH is 2. The Morgan fingerprint density at radius 3 is 2.65 bits per heavy atom. The molecule has 8 atom stereocenters. The number of nitrogens with zero attached hydrogens (tertiary/aromatic N) is 2. The summed E-state index contributed by atoms with van der Waals surface area (Å²) < 4.78 is 14.5. The number of non-ortho nitro benzene ring substituents is 1. The van der Waals surface area contributed by atoms with Crippen molar-refractivity contribution in [3.8, 4) is 0 Å². The van der Waals surface area contributed by atoms with Crippen molar-refractivity contribution in [2.45, 2.75) is 37.1 Å². The van der Waals surface area contributed by atoms with Crippen molar-refractivity contribution in [1.29, 1.82) is 0 Å². The van der Waals surface area contributed by atoms with Gasteiger partial charge in [0.15, 0.2) is 5.82 Å². The van der Waals surface area contributed by atoms with E-state index in [1.54, 1.807) is 0 Å². The van der Waals surface area contributed by atoms with E-state index in [9.17, 15) is 24.7 Å². The number of nitro groups is 1. The van der Waals surface area contributed by atoms with E-state index in [2.05, 4.69) is 0 Å². The smallest absolute Gasteiger partial charge is 0.272 e. The second kappa shape index (κ2) is 4.21. The summed E-state index contributed by atoms with van der Waals surface area (Å²) in [4.78, 5) is 12.0. The van der Waals surface area contributed by atoms with Gasteiger partial charge in [0.25, 0.3) is 5.69 Å². The summed E-state index contributed by atoms with van der Waals surface area (Å²) in [5.41, 5.74) is -0.0300. The average Bonchev–Trinajstić information content (AvgIpc) is 3.07. The van der Waals surface area contributed by atoms with Crippen LogP contribution in [0.3, 0.4) is 0 Å². The second-order valence-electron chi connectivity index (χ2n) is 7.38. The van der Waals surface area contributed by atoms with Crippen molar-refractivity contribution in [3.05, 3.63) is 34.1 Å². The molecule has 0 spiro atoms. The zero-order valence-corrected chi connectivity index (χ0v) is 12.2. The highest BCUT2D eigenvalue weighted by Crippen LogP contribution is 2.65. The van der Waals surface area contributed by atoms with Gasteiger partial charge in [-0.2, -0.15) is 0 Å². The second-order valence-corrected chi connectivity index (χ2v) is 7.38. The Bertz CT molecular complexity index is 713. The summed E-state index contributed by atoms with van der Waals surface area (Å²) in [5, 5.41) is 32.1. The summed E-state index contributed by atoms with van der Waals surface area (Å²) in [6.45, 7) is 0. The van der Waals surface area contributed by atoms with Crippen LogP contribution in [0.15, 0.2) is 18.2 Å². The van der Waals surface area contributed by atoms with E-state index in [-0.39, 0.29) is 41.2 Å². The Morgan fingerprint density at radius 2 is 1.96 bits per heavy atom. The number of hydrogen-bond donors (Lipinski definition) is 2. The number of piperidine rings is 1. The number of halogens is 1. The van der Waals surface area contributed by atoms with Gasteiger partial charge in [-0.25, -0.2) is 4.39 Å². The molecular formula is C16H17FN2O4. The molecule has 8 unspecified atom stereocenters. The van der Waals surface area contributed by atoms with Crippen LogP contribution in [0.4, 0.5) is 15.8 Å². The Morgan fingerprint density at radius 1 is 1.17 bits per heavy atom. The summed E-state index contributed by atoms with van der Waals surface area (Å²) in [7, 11) is 0. The number of anilines is 1. The first-order chi connectivity index (χ1) is 11.0. The molecule has 5 rings (SSSR count). The van der Waals surface area contributed by atoms with Crippen LogP contribution in [-0.4, -0.2) is 39.4 Å². The minimum Gasteiger partial charge on any atom is -0.391 e. The van der Waals surface area contributed by atoms with Crippen molar-refractivity contribution in [2.75, 3.05) is 4.90 Å². The van der Waals surface area contributed by atoms with Crippen LogP contribution in [-0.2, 0) is 0 Å². The lowest BCUT2D eigenvalue weighted by Crippen LogP contribution is -2.61. The van der Waals surface area contributed by atoms with Crippen molar-refractivity contribution in [2.24, 2.45) is 23.7 Å². The fourth-order valence-corrected chi connectivity index (χ4v) is 6.06. The maximum absolute atomic E-state index is 14.5. The molecule has 1 aliphatic heterocycles. The molecule has 23 heavy (non-hydrogen) atoms. The lowest BCUT2D eigenvalue weighted by molar-refractivity contribution is -0.385. The molecule has 2 N–H and O–H groups in total. The number of hydrogen-bond acceptors (Lipinski definition) is 5. The van der Waals surface area contributed by atoms with Crippen LogP contribution in [0.2, 0.25) is 0 Å². The molecule has 1 aromatic rings. The molecule has 6 nitrogen and oxygen atoms in total. The van der Waals surface area contributed by atoms with Gasteiger partial charge in [-0.3, -0.25) is 10.1 Å². The van der Waals surface area contributed by atoms with E-state index in [4.69, 9.17) is 0 Å². The zero-order valence-electron chi connectivity index (χ0n) is 12.2. The molecule has 4 aliphatic rings. The quantitative estimate of drug-likeness (QED) is 0.633. The first-order valence-electron chi connectivity index (χ1n) is 8.07. The number of nitro benzene ring substituents is 1. The number of rotatable bonds is 2. The molecular weight excluding hydrogens is 303 g/mol. The standard InChI is InChI=1S/C16H17FN2O4/c17-10-3-6(19(22)23)1-2-11(10)18-12-5-7-8-4-9(13(7)16(12)21)14(18)15(8)20/h1-3,7-9,12-16,20-21H,4-5H2. The first-order valence-corrected chi connectivity index (χ1v) is 8.07. The predicted octanol–water partition coefficient (Wildman–Crippen LogP) is 1.30. The Hall–Kier alpha value is -1.73. The maximum atomic E-state index is 14.5. The lowest BCUT2D eigenvalue weighted by atomic mass is 9.75. The fourth-order valence-electron chi connectivity index (χ4n) is 6.06. The average molecular weight is 320 g/mol. The molecule has 1 heterocycles. The molecule has 0 amide bonds. The van der Waals surface area contributed by atoms with Crippen LogP contribution in [0.5, 0.6) is 0 Å². The Balaban J connectivity index is 1.62. The highest BCUT2D eigenvalue weighted by molar-refractivity contribution is 5.57. The molecule has 7 heteroatoms. The van der Waals surface area contributed by atoms with Gasteiger partial charge in [-0.05, 0) is 42.6 Å². The number of aliphatic hydroxyl groups is 2. The van der Waals surface area contributed by atoms with Crippen molar-refractivity contribution in [3.63, 3.8) is 0 Å². The lowest BCUT2D eigenvalue weighted by Gasteiger charge is -2.49. The monoisotopic (exact) mass is 320 g/mol. The van der Waals surface area contributed by atoms with E-state index in [1.165, 1.54) is 12.1 Å². The van der Waals surface area contributed by atoms with Gasteiger partial charge in [-0.1, -0.05) is 0 Å². The zero-order chi connectivity index (χ0) is 16.0. The molecule has 4 fully saturated rings. The van der Waals surface area contributed by atoms with Crippen molar-refractivity contribution >= 4 is 11.4 Å². The van der Waals surface area contributed by atoms with Crippen LogP contribution >= 0.6 is 0 Å². The van der Waals surface area contributed by atoms with Gasteiger partial charge in [0.1, 0.15) is 0 Å². The highest BCUT2D eigenvalue weighted by atomic mass is 19.1. The molecule has 3 saturated carbocycles. The third kappa shape index (κ3) is 1.50. The van der Waals surface area contributed by atoms with Gasteiger partial charge in [-0.15, -0.1) is 0 Å². The Labute approximate surface area is 131 Å². The number of benzene rings is 1. The van der Waals surface area contributed by atoms with E-state index in [0.717, 1.165) is 18.9 Å². The van der Waals surface area contributed by atoms with Gasteiger partial charge in [0.05, 0.1) is 41.0 Å². The van der Waals surface area contributed by atoms with Crippen LogP contribution in [0.1, 0.15) is 12.8 Å². The first kappa shape index (κ1) is 13.7. The number of fused-ring (bicyclic) bond motifs is 3. The maximum Gasteiger partial charge on any atom is 0.272 e. The summed E-state index contributed by atoms with van der Waals surface area (Å²) in [6.07, 6.45) is 0.634.